The first kappa shape index (κ1) is 15.8. The molecular formula is C14H19NO5. The second-order valence-electron chi connectivity index (χ2n) is 4.33. The van der Waals surface area contributed by atoms with E-state index < -0.39 is 24.0 Å². The van der Waals surface area contributed by atoms with Gasteiger partial charge in [-0.2, -0.15) is 0 Å². The molecule has 0 amide bonds. The van der Waals surface area contributed by atoms with Gasteiger partial charge in [-0.25, -0.2) is 9.59 Å². The number of methoxy groups -OCH3 is 2. The molecule has 0 heterocycles. The zero-order chi connectivity index (χ0) is 15.3. The molecule has 0 aliphatic carbocycles. The van der Waals surface area contributed by atoms with Gasteiger partial charge in [-0.3, -0.25) is 0 Å². The van der Waals surface area contributed by atoms with Crippen LogP contribution in [0.15, 0.2) is 24.3 Å². The normalized spacial score (nSPS) is 13.2. The van der Waals surface area contributed by atoms with Crippen molar-refractivity contribution < 1.29 is 24.2 Å². The van der Waals surface area contributed by atoms with Crippen molar-refractivity contribution in [2.45, 2.75) is 25.9 Å². The molecule has 2 unspecified atom stereocenters. The van der Waals surface area contributed by atoms with Crippen molar-refractivity contribution in [3.8, 4) is 5.75 Å². The van der Waals surface area contributed by atoms with Crippen LogP contribution in [0.4, 0.5) is 5.69 Å². The number of benzene rings is 1. The average Bonchev–Trinajstić information content (AvgIpc) is 2.45. The van der Waals surface area contributed by atoms with E-state index in [0.717, 1.165) is 0 Å². The third kappa shape index (κ3) is 3.40. The second-order valence-corrected chi connectivity index (χ2v) is 4.33. The Hall–Kier alpha value is -2.24. The summed E-state index contributed by atoms with van der Waals surface area (Å²) in [5.41, 5.74) is 0.529. The summed E-state index contributed by atoms with van der Waals surface area (Å²) in [6, 6.07) is 4.91. The number of carbonyl (C=O) groups excluding carboxylic acids is 2. The highest BCUT2D eigenvalue weighted by atomic mass is 16.5. The molecule has 0 aliphatic rings. The molecule has 0 spiro atoms. The lowest BCUT2D eigenvalue weighted by molar-refractivity contribution is -0.144. The smallest absolute Gasteiger partial charge is 0.328 e. The van der Waals surface area contributed by atoms with E-state index in [-0.39, 0.29) is 5.75 Å². The molecule has 0 aliphatic heterocycles. The largest absolute Gasteiger partial charge is 0.508 e. The fraction of sp³-hybridized carbons (Fsp3) is 0.429. The summed E-state index contributed by atoms with van der Waals surface area (Å²) in [6.45, 7) is 3.24. The first-order valence-electron chi connectivity index (χ1n) is 6.15. The SMILES string of the molecule is COC(=O)C(C)N(c1cccc(O)c1)C(C)C(=O)OC. The van der Waals surface area contributed by atoms with Gasteiger partial charge in [0.15, 0.2) is 0 Å². The van der Waals surface area contributed by atoms with Crippen molar-refractivity contribution in [2.24, 2.45) is 0 Å². The Morgan fingerprint density at radius 1 is 1.10 bits per heavy atom. The zero-order valence-corrected chi connectivity index (χ0v) is 12.0. The van der Waals surface area contributed by atoms with Gasteiger partial charge in [-0.05, 0) is 26.0 Å². The number of carbonyl (C=O) groups is 2. The van der Waals surface area contributed by atoms with E-state index in [4.69, 9.17) is 9.47 Å². The van der Waals surface area contributed by atoms with Crippen LogP contribution < -0.4 is 4.90 Å². The maximum absolute atomic E-state index is 11.7. The lowest BCUT2D eigenvalue weighted by atomic mass is 10.1. The molecule has 6 heteroatoms. The summed E-state index contributed by atoms with van der Waals surface area (Å²) in [5, 5.41) is 9.56. The van der Waals surface area contributed by atoms with E-state index in [9.17, 15) is 14.7 Å². The standard InChI is InChI=1S/C14H19NO5/c1-9(13(17)19-3)15(10(2)14(18)20-4)11-6-5-7-12(16)8-11/h5-10,16H,1-4H3. The quantitative estimate of drug-likeness (QED) is 0.820. The number of ether oxygens (including phenoxy) is 2. The van der Waals surface area contributed by atoms with Gasteiger partial charge in [0.2, 0.25) is 0 Å². The minimum Gasteiger partial charge on any atom is -0.508 e. The summed E-state index contributed by atoms with van der Waals surface area (Å²) in [5.74, 6) is -0.921. The molecule has 20 heavy (non-hydrogen) atoms. The van der Waals surface area contributed by atoms with Gasteiger partial charge in [0.1, 0.15) is 17.8 Å². The van der Waals surface area contributed by atoms with E-state index in [0.29, 0.717) is 5.69 Å². The van der Waals surface area contributed by atoms with Crippen LogP contribution in [0.2, 0.25) is 0 Å². The molecule has 110 valence electrons. The summed E-state index contributed by atoms with van der Waals surface area (Å²) in [4.78, 5) is 25.0. The Kier molecular flexibility index (Phi) is 5.37. The molecule has 1 rings (SSSR count). The summed E-state index contributed by atoms with van der Waals surface area (Å²) < 4.78 is 9.43. The molecule has 0 saturated heterocycles. The Bertz CT molecular complexity index is 466. The molecule has 1 N–H and O–H groups in total. The van der Waals surface area contributed by atoms with E-state index >= 15 is 0 Å². The number of hydrogen-bond donors (Lipinski definition) is 1. The number of anilines is 1. The molecule has 1 aromatic carbocycles. The first-order chi connectivity index (χ1) is 9.42. The fourth-order valence-corrected chi connectivity index (χ4v) is 2.00. The molecule has 0 aromatic heterocycles. The van der Waals surface area contributed by atoms with Crippen LogP contribution >= 0.6 is 0 Å². The average molecular weight is 281 g/mol. The number of rotatable bonds is 5. The molecule has 6 nitrogen and oxygen atoms in total. The van der Waals surface area contributed by atoms with Gasteiger partial charge in [-0.1, -0.05) is 6.07 Å². The number of phenolic OH excluding ortho intramolecular Hbond substituents is 1. The van der Waals surface area contributed by atoms with E-state index in [1.54, 1.807) is 26.0 Å². The number of hydrogen-bond acceptors (Lipinski definition) is 6. The highest BCUT2D eigenvalue weighted by Gasteiger charge is 2.31. The maximum Gasteiger partial charge on any atom is 0.328 e. The van der Waals surface area contributed by atoms with Crippen LogP contribution in [-0.2, 0) is 19.1 Å². The topological polar surface area (TPSA) is 76.1 Å². The zero-order valence-electron chi connectivity index (χ0n) is 12.0. The number of phenols is 1. The van der Waals surface area contributed by atoms with Gasteiger partial charge >= 0.3 is 11.9 Å². The minimum absolute atomic E-state index is 0.0432. The number of aromatic hydroxyl groups is 1. The fourth-order valence-electron chi connectivity index (χ4n) is 2.00. The third-order valence-electron chi connectivity index (χ3n) is 3.05. The third-order valence-corrected chi connectivity index (χ3v) is 3.05. The van der Waals surface area contributed by atoms with Gasteiger partial charge in [0, 0.05) is 11.8 Å². The van der Waals surface area contributed by atoms with Crippen LogP contribution in [0.25, 0.3) is 0 Å². The maximum atomic E-state index is 11.7. The van der Waals surface area contributed by atoms with E-state index in [1.807, 2.05) is 0 Å². The van der Waals surface area contributed by atoms with Gasteiger partial charge in [-0.15, -0.1) is 0 Å². The van der Waals surface area contributed by atoms with Crippen molar-refractivity contribution >= 4 is 17.6 Å². The van der Waals surface area contributed by atoms with Gasteiger partial charge < -0.3 is 19.5 Å². The van der Waals surface area contributed by atoms with Crippen LogP contribution in [-0.4, -0.2) is 43.3 Å². The second kappa shape index (κ2) is 6.79. The van der Waals surface area contributed by atoms with Crippen molar-refractivity contribution in [2.75, 3.05) is 19.1 Å². The highest BCUT2D eigenvalue weighted by molar-refractivity contribution is 5.86. The summed E-state index contributed by atoms with van der Waals surface area (Å²) >= 11 is 0. The predicted molar refractivity (Wildman–Crippen MR) is 73.5 cm³/mol. The lowest BCUT2D eigenvalue weighted by Gasteiger charge is -2.33. The molecule has 0 saturated carbocycles. The van der Waals surface area contributed by atoms with Gasteiger partial charge in [0.25, 0.3) is 0 Å². The van der Waals surface area contributed by atoms with E-state index in [1.165, 1.54) is 31.3 Å². The molecule has 0 fully saturated rings. The van der Waals surface area contributed by atoms with E-state index in [2.05, 4.69) is 0 Å². The van der Waals surface area contributed by atoms with Crippen molar-refractivity contribution in [1.82, 2.24) is 0 Å². The summed E-state index contributed by atoms with van der Waals surface area (Å²) in [6.07, 6.45) is 0. The molecule has 1 aromatic rings. The number of esters is 2. The number of nitrogens with zero attached hydrogens (tertiary/aromatic N) is 1. The Morgan fingerprint density at radius 3 is 2.00 bits per heavy atom. The van der Waals surface area contributed by atoms with Gasteiger partial charge in [0.05, 0.1) is 14.2 Å². The van der Waals surface area contributed by atoms with Crippen LogP contribution in [0, 0.1) is 0 Å². The molecule has 0 bridgehead atoms. The van der Waals surface area contributed by atoms with Crippen molar-refractivity contribution in [1.29, 1.82) is 0 Å². The minimum atomic E-state index is -0.698. The van der Waals surface area contributed by atoms with Crippen molar-refractivity contribution in [3.63, 3.8) is 0 Å². The van der Waals surface area contributed by atoms with Crippen LogP contribution in [0.1, 0.15) is 13.8 Å². The van der Waals surface area contributed by atoms with Crippen molar-refractivity contribution in [3.05, 3.63) is 24.3 Å². The van der Waals surface area contributed by atoms with Crippen LogP contribution in [0.5, 0.6) is 5.75 Å². The first-order valence-corrected chi connectivity index (χ1v) is 6.15. The predicted octanol–water partition coefficient (Wildman–Crippen LogP) is 1.32. The summed E-state index contributed by atoms with van der Waals surface area (Å²) in [7, 11) is 2.56. The Morgan fingerprint density at radius 2 is 1.60 bits per heavy atom. The molecule has 0 radical (unpaired) electrons. The molecule has 2 atom stereocenters. The van der Waals surface area contributed by atoms with Crippen LogP contribution in [0.3, 0.4) is 0 Å². The highest BCUT2D eigenvalue weighted by Crippen LogP contribution is 2.25. The monoisotopic (exact) mass is 281 g/mol. The Labute approximate surface area is 117 Å². The Balaban J connectivity index is 3.20. The lowest BCUT2D eigenvalue weighted by Crippen LogP contribution is -2.49. The molecular weight excluding hydrogens is 262 g/mol.